The number of benzene rings is 2. The fourth-order valence-electron chi connectivity index (χ4n) is 5.20. The van der Waals surface area contributed by atoms with E-state index in [9.17, 15) is 0 Å². The van der Waals surface area contributed by atoms with Gasteiger partial charge in [-0.1, -0.05) is 30.3 Å². The zero-order valence-corrected chi connectivity index (χ0v) is 20.6. The van der Waals surface area contributed by atoms with E-state index >= 15 is 0 Å². The van der Waals surface area contributed by atoms with E-state index in [1.165, 1.54) is 27.7 Å². The molecule has 0 spiro atoms. The molecule has 0 radical (unpaired) electrons. The average molecular weight is 456 g/mol. The van der Waals surface area contributed by atoms with Gasteiger partial charge in [0, 0.05) is 60.6 Å². The van der Waals surface area contributed by atoms with Gasteiger partial charge in [-0.15, -0.1) is 5.10 Å². The molecule has 2 aromatic heterocycles. The summed E-state index contributed by atoms with van der Waals surface area (Å²) in [5.74, 6) is 1.90. The van der Waals surface area contributed by atoms with Gasteiger partial charge < -0.3 is 14.2 Å². The molecule has 6 nitrogen and oxygen atoms in total. The van der Waals surface area contributed by atoms with Crippen molar-refractivity contribution in [1.82, 2.24) is 19.7 Å². The normalized spacial score (nSPS) is 14.6. The van der Waals surface area contributed by atoms with Gasteiger partial charge in [-0.25, -0.2) is 0 Å². The molecule has 0 amide bonds. The minimum Gasteiger partial charge on any atom is -0.494 e. The van der Waals surface area contributed by atoms with Crippen molar-refractivity contribution in [3.05, 3.63) is 77.2 Å². The molecule has 0 saturated carbocycles. The van der Waals surface area contributed by atoms with Crippen molar-refractivity contribution in [2.24, 2.45) is 0 Å². The number of piperazine rings is 1. The van der Waals surface area contributed by atoms with Crippen LogP contribution in [0.15, 0.2) is 54.6 Å². The first-order valence-corrected chi connectivity index (χ1v) is 12.2. The van der Waals surface area contributed by atoms with E-state index < -0.39 is 0 Å². The molecule has 2 aromatic carbocycles. The maximum Gasteiger partial charge on any atom is 0.161 e. The van der Waals surface area contributed by atoms with Crippen LogP contribution >= 0.6 is 0 Å². The molecule has 0 bridgehead atoms. The zero-order valence-electron chi connectivity index (χ0n) is 20.6. The smallest absolute Gasteiger partial charge is 0.161 e. The molecule has 6 heteroatoms. The quantitative estimate of drug-likeness (QED) is 0.406. The molecule has 5 rings (SSSR count). The Bertz CT molecular complexity index is 1270. The Kier molecular flexibility index (Phi) is 6.24. The standard InChI is InChI=1S/C28H33N5O/c1-5-34-25-13-11-24(12-14-25)33-21(3)26-20(2)29-30-28(27(26)22(33)4)32-17-15-31(16-18-32)19-23-9-7-6-8-10-23/h6-14H,5,15-19H2,1-4H3. The maximum atomic E-state index is 5.64. The third-order valence-electron chi connectivity index (χ3n) is 6.85. The number of ether oxygens (including phenoxy) is 1. The number of hydrogen-bond donors (Lipinski definition) is 0. The summed E-state index contributed by atoms with van der Waals surface area (Å²) >= 11 is 0. The van der Waals surface area contributed by atoms with E-state index in [1.807, 2.05) is 19.1 Å². The third kappa shape index (κ3) is 4.14. The minimum absolute atomic E-state index is 0.670. The number of aromatic nitrogens is 3. The van der Waals surface area contributed by atoms with E-state index in [2.05, 4.69) is 82.7 Å². The lowest BCUT2D eigenvalue weighted by molar-refractivity contribution is 0.249. The second-order valence-corrected chi connectivity index (χ2v) is 9.04. The van der Waals surface area contributed by atoms with Crippen LogP contribution in [0.1, 0.15) is 29.6 Å². The summed E-state index contributed by atoms with van der Waals surface area (Å²) in [4.78, 5) is 4.93. The zero-order chi connectivity index (χ0) is 23.7. The molecule has 34 heavy (non-hydrogen) atoms. The third-order valence-corrected chi connectivity index (χ3v) is 6.85. The maximum absolute atomic E-state index is 5.64. The summed E-state index contributed by atoms with van der Waals surface area (Å²) in [7, 11) is 0. The van der Waals surface area contributed by atoms with Crippen molar-refractivity contribution in [1.29, 1.82) is 0 Å². The first-order valence-electron chi connectivity index (χ1n) is 12.2. The van der Waals surface area contributed by atoms with Crippen LogP contribution in [0.5, 0.6) is 5.75 Å². The van der Waals surface area contributed by atoms with Crippen LogP contribution in [0, 0.1) is 20.8 Å². The van der Waals surface area contributed by atoms with Gasteiger partial charge in [0.1, 0.15) is 5.75 Å². The molecular weight excluding hydrogens is 422 g/mol. The lowest BCUT2D eigenvalue weighted by Gasteiger charge is -2.35. The van der Waals surface area contributed by atoms with Crippen molar-refractivity contribution in [3.8, 4) is 11.4 Å². The fraction of sp³-hybridized carbons (Fsp3) is 0.357. The van der Waals surface area contributed by atoms with E-state index in [-0.39, 0.29) is 0 Å². The molecule has 0 aliphatic carbocycles. The number of hydrogen-bond acceptors (Lipinski definition) is 5. The highest BCUT2D eigenvalue weighted by atomic mass is 16.5. The summed E-state index contributed by atoms with van der Waals surface area (Å²) in [6.07, 6.45) is 0. The molecule has 0 atom stereocenters. The predicted molar refractivity (Wildman–Crippen MR) is 138 cm³/mol. The summed E-state index contributed by atoms with van der Waals surface area (Å²) in [6.45, 7) is 14.0. The average Bonchev–Trinajstić information content (AvgIpc) is 3.12. The molecule has 0 unspecified atom stereocenters. The number of rotatable bonds is 6. The van der Waals surface area contributed by atoms with E-state index in [1.54, 1.807) is 0 Å². The van der Waals surface area contributed by atoms with Gasteiger partial charge in [0.2, 0.25) is 0 Å². The summed E-state index contributed by atoms with van der Waals surface area (Å²) in [5.41, 5.74) is 5.89. The molecule has 1 fully saturated rings. The van der Waals surface area contributed by atoms with Crippen molar-refractivity contribution < 1.29 is 4.74 Å². The van der Waals surface area contributed by atoms with Gasteiger partial charge in [-0.3, -0.25) is 4.90 Å². The van der Waals surface area contributed by atoms with Gasteiger partial charge in [-0.05, 0) is 57.5 Å². The number of anilines is 1. The lowest BCUT2D eigenvalue weighted by atomic mass is 10.1. The Labute approximate surface area is 201 Å². The molecular formula is C28H33N5O. The van der Waals surface area contributed by atoms with Gasteiger partial charge in [0.05, 0.1) is 12.3 Å². The highest BCUT2D eigenvalue weighted by molar-refractivity contribution is 5.98. The van der Waals surface area contributed by atoms with Gasteiger partial charge in [0.25, 0.3) is 0 Å². The second-order valence-electron chi connectivity index (χ2n) is 9.04. The summed E-state index contributed by atoms with van der Waals surface area (Å²) in [6, 6.07) is 19.1. The predicted octanol–water partition coefficient (Wildman–Crippen LogP) is 5.07. The Hall–Kier alpha value is -3.38. The van der Waals surface area contributed by atoms with Crippen LogP contribution < -0.4 is 9.64 Å². The fourth-order valence-corrected chi connectivity index (χ4v) is 5.20. The van der Waals surface area contributed by atoms with Crippen LogP contribution in [0.25, 0.3) is 16.5 Å². The Morgan fingerprint density at radius 1 is 0.794 bits per heavy atom. The molecule has 1 aliphatic heterocycles. The van der Waals surface area contributed by atoms with Crippen LogP contribution in [-0.4, -0.2) is 52.5 Å². The SMILES string of the molecule is CCOc1ccc(-n2c(C)c3c(C)nnc(N4CCN(Cc5ccccc5)CC4)c3c2C)cc1. The van der Waals surface area contributed by atoms with Gasteiger partial charge in [-0.2, -0.15) is 5.10 Å². The molecule has 1 saturated heterocycles. The number of nitrogens with zero attached hydrogens (tertiary/aromatic N) is 5. The molecule has 176 valence electrons. The lowest BCUT2D eigenvalue weighted by Crippen LogP contribution is -2.46. The highest BCUT2D eigenvalue weighted by Crippen LogP contribution is 2.36. The molecule has 0 N–H and O–H groups in total. The van der Waals surface area contributed by atoms with E-state index in [0.29, 0.717) is 6.61 Å². The molecule has 4 aromatic rings. The van der Waals surface area contributed by atoms with Crippen LogP contribution in [0.3, 0.4) is 0 Å². The second kappa shape index (κ2) is 9.47. The van der Waals surface area contributed by atoms with Gasteiger partial charge >= 0.3 is 0 Å². The highest BCUT2D eigenvalue weighted by Gasteiger charge is 2.25. The van der Waals surface area contributed by atoms with Gasteiger partial charge in [0.15, 0.2) is 5.82 Å². The Balaban J connectivity index is 1.45. The van der Waals surface area contributed by atoms with Crippen molar-refractivity contribution in [2.75, 3.05) is 37.7 Å². The van der Waals surface area contributed by atoms with Crippen molar-refractivity contribution >= 4 is 16.6 Å². The van der Waals surface area contributed by atoms with E-state index in [0.717, 1.165) is 55.7 Å². The first kappa shape index (κ1) is 22.4. The molecule has 1 aliphatic rings. The van der Waals surface area contributed by atoms with Crippen LogP contribution in [-0.2, 0) is 6.54 Å². The monoisotopic (exact) mass is 455 g/mol. The Morgan fingerprint density at radius 3 is 2.15 bits per heavy atom. The molecule has 3 heterocycles. The summed E-state index contributed by atoms with van der Waals surface area (Å²) < 4.78 is 7.97. The van der Waals surface area contributed by atoms with Crippen LogP contribution in [0.4, 0.5) is 5.82 Å². The number of fused-ring (bicyclic) bond motifs is 1. The topological polar surface area (TPSA) is 46.4 Å². The van der Waals surface area contributed by atoms with Crippen LogP contribution in [0.2, 0.25) is 0 Å². The largest absolute Gasteiger partial charge is 0.494 e. The van der Waals surface area contributed by atoms with Crippen molar-refractivity contribution in [2.45, 2.75) is 34.2 Å². The summed E-state index contributed by atoms with van der Waals surface area (Å²) in [5, 5.41) is 11.7. The van der Waals surface area contributed by atoms with Crippen molar-refractivity contribution in [3.63, 3.8) is 0 Å². The van der Waals surface area contributed by atoms with E-state index in [4.69, 9.17) is 9.84 Å². The first-order chi connectivity index (χ1) is 16.6. The Morgan fingerprint density at radius 2 is 1.47 bits per heavy atom. The minimum atomic E-state index is 0.670. The number of aryl methyl sites for hydroxylation is 3.